The highest BCUT2D eigenvalue weighted by molar-refractivity contribution is 5.81. The first-order valence-electron chi connectivity index (χ1n) is 6.80. The Morgan fingerprint density at radius 3 is 3.06 bits per heavy atom. The van der Waals surface area contributed by atoms with Crippen LogP contribution in [0.3, 0.4) is 0 Å². The molecule has 0 radical (unpaired) electrons. The van der Waals surface area contributed by atoms with Crippen molar-refractivity contribution in [2.75, 3.05) is 40.0 Å². The molecule has 1 aliphatic rings. The van der Waals surface area contributed by atoms with E-state index in [1.807, 2.05) is 6.92 Å². The molecular weight excluding hydrogens is 232 g/mol. The molecule has 0 aliphatic carbocycles. The van der Waals surface area contributed by atoms with E-state index in [9.17, 15) is 4.79 Å². The van der Waals surface area contributed by atoms with Gasteiger partial charge in [0.2, 0.25) is 5.91 Å². The zero-order valence-electron chi connectivity index (χ0n) is 11.5. The minimum Gasteiger partial charge on any atom is -0.396 e. The van der Waals surface area contributed by atoms with Crippen LogP contribution in [0.4, 0.5) is 0 Å². The molecule has 2 atom stereocenters. The van der Waals surface area contributed by atoms with Gasteiger partial charge in [-0.25, -0.2) is 0 Å². The van der Waals surface area contributed by atoms with E-state index in [2.05, 4.69) is 10.2 Å². The van der Waals surface area contributed by atoms with Crippen molar-refractivity contribution in [2.24, 2.45) is 5.92 Å². The van der Waals surface area contributed by atoms with E-state index >= 15 is 0 Å². The molecular formula is C13H26N2O3. The van der Waals surface area contributed by atoms with Crippen molar-refractivity contribution in [1.29, 1.82) is 0 Å². The Morgan fingerprint density at radius 2 is 2.39 bits per heavy atom. The second-order valence-corrected chi connectivity index (χ2v) is 4.98. The van der Waals surface area contributed by atoms with Crippen LogP contribution in [0.2, 0.25) is 0 Å². The van der Waals surface area contributed by atoms with E-state index in [-0.39, 0.29) is 18.6 Å². The number of likely N-dealkylation sites (tertiary alicyclic amines) is 1. The van der Waals surface area contributed by atoms with Crippen molar-refractivity contribution in [3.05, 3.63) is 0 Å². The molecule has 18 heavy (non-hydrogen) atoms. The van der Waals surface area contributed by atoms with Gasteiger partial charge in [0, 0.05) is 33.4 Å². The van der Waals surface area contributed by atoms with Crippen LogP contribution >= 0.6 is 0 Å². The SMILES string of the molecule is COCCCNC(=O)C(C)N1CCC(CCO)C1. The van der Waals surface area contributed by atoms with E-state index in [0.717, 1.165) is 32.4 Å². The van der Waals surface area contributed by atoms with Crippen LogP contribution in [-0.2, 0) is 9.53 Å². The Labute approximate surface area is 109 Å². The van der Waals surface area contributed by atoms with Crippen molar-refractivity contribution in [3.63, 3.8) is 0 Å². The highest BCUT2D eigenvalue weighted by Gasteiger charge is 2.28. The Morgan fingerprint density at radius 1 is 1.61 bits per heavy atom. The molecule has 2 unspecified atom stereocenters. The summed E-state index contributed by atoms with van der Waals surface area (Å²) >= 11 is 0. The van der Waals surface area contributed by atoms with E-state index < -0.39 is 0 Å². The molecule has 1 aliphatic heterocycles. The molecule has 0 spiro atoms. The van der Waals surface area contributed by atoms with Gasteiger partial charge in [-0.05, 0) is 38.6 Å². The molecule has 2 N–H and O–H groups in total. The Kier molecular flexibility index (Phi) is 7.23. The quantitative estimate of drug-likeness (QED) is 0.612. The van der Waals surface area contributed by atoms with Gasteiger partial charge in [0.1, 0.15) is 0 Å². The number of hydrogen-bond acceptors (Lipinski definition) is 4. The van der Waals surface area contributed by atoms with Gasteiger partial charge in [0.25, 0.3) is 0 Å². The van der Waals surface area contributed by atoms with Crippen LogP contribution in [0.25, 0.3) is 0 Å². The zero-order chi connectivity index (χ0) is 13.4. The topological polar surface area (TPSA) is 61.8 Å². The molecule has 0 aromatic rings. The van der Waals surface area contributed by atoms with E-state index in [0.29, 0.717) is 19.1 Å². The summed E-state index contributed by atoms with van der Waals surface area (Å²) in [6.07, 6.45) is 2.78. The molecule has 1 heterocycles. The maximum absolute atomic E-state index is 11.9. The van der Waals surface area contributed by atoms with E-state index in [4.69, 9.17) is 9.84 Å². The van der Waals surface area contributed by atoms with Gasteiger partial charge in [0.15, 0.2) is 0 Å². The minimum absolute atomic E-state index is 0.0729. The normalized spacial score (nSPS) is 22.1. The predicted molar refractivity (Wildman–Crippen MR) is 70.3 cm³/mol. The number of rotatable bonds is 8. The van der Waals surface area contributed by atoms with Gasteiger partial charge in [-0.3, -0.25) is 9.69 Å². The number of nitrogens with one attached hydrogen (secondary N) is 1. The third-order valence-electron chi connectivity index (χ3n) is 3.61. The summed E-state index contributed by atoms with van der Waals surface area (Å²) in [6, 6.07) is -0.0729. The lowest BCUT2D eigenvalue weighted by Gasteiger charge is -2.23. The molecule has 5 nitrogen and oxygen atoms in total. The fourth-order valence-corrected chi connectivity index (χ4v) is 2.37. The lowest BCUT2D eigenvalue weighted by Crippen LogP contribution is -2.44. The molecule has 0 saturated carbocycles. The zero-order valence-corrected chi connectivity index (χ0v) is 11.5. The number of hydrogen-bond donors (Lipinski definition) is 2. The molecule has 1 saturated heterocycles. The summed E-state index contributed by atoms with van der Waals surface area (Å²) in [5.41, 5.74) is 0. The van der Waals surface area contributed by atoms with Gasteiger partial charge in [-0.15, -0.1) is 0 Å². The van der Waals surface area contributed by atoms with Crippen LogP contribution in [-0.4, -0.2) is 61.9 Å². The average Bonchev–Trinajstić information content (AvgIpc) is 2.82. The third-order valence-corrected chi connectivity index (χ3v) is 3.61. The van der Waals surface area contributed by atoms with Crippen molar-refractivity contribution in [1.82, 2.24) is 10.2 Å². The van der Waals surface area contributed by atoms with Crippen LogP contribution in [0.1, 0.15) is 26.2 Å². The minimum atomic E-state index is -0.0729. The number of methoxy groups -OCH3 is 1. The summed E-state index contributed by atoms with van der Waals surface area (Å²) in [5, 5.41) is 11.8. The Balaban J connectivity index is 2.22. The first-order valence-corrected chi connectivity index (χ1v) is 6.80. The van der Waals surface area contributed by atoms with Gasteiger partial charge in [0.05, 0.1) is 6.04 Å². The molecule has 1 fully saturated rings. The fourth-order valence-electron chi connectivity index (χ4n) is 2.37. The van der Waals surface area contributed by atoms with Gasteiger partial charge in [-0.1, -0.05) is 0 Å². The van der Waals surface area contributed by atoms with Crippen LogP contribution in [0.5, 0.6) is 0 Å². The molecule has 106 valence electrons. The first-order chi connectivity index (χ1) is 8.69. The highest BCUT2D eigenvalue weighted by atomic mass is 16.5. The first kappa shape index (κ1) is 15.4. The monoisotopic (exact) mass is 258 g/mol. The summed E-state index contributed by atoms with van der Waals surface area (Å²) in [7, 11) is 1.66. The maximum Gasteiger partial charge on any atom is 0.237 e. The average molecular weight is 258 g/mol. The molecule has 1 rings (SSSR count). The van der Waals surface area contributed by atoms with Crippen molar-refractivity contribution >= 4 is 5.91 Å². The number of ether oxygens (including phenoxy) is 1. The summed E-state index contributed by atoms with van der Waals surface area (Å²) in [4.78, 5) is 14.1. The summed E-state index contributed by atoms with van der Waals surface area (Å²) < 4.78 is 4.94. The summed E-state index contributed by atoms with van der Waals surface area (Å²) in [6.45, 7) is 5.43. The standard InChI is InChI=1S/C13H26N2O3/c1-11(13(17)14-6-3-9-18-2)15-7-4-12(10-15)5-8-16/h11-12,16H,3-10H2,1-2H3,(H,14,17). The number of nitrogens with zero attached hydrogens (tertiary/aromatic N) is 1. The van der Waals surface area contributed by atoms with Gasteiger partial charge >= 0.3 is 0 Å². The number of carbonyl (C=O) groups excluding carboxylic acids is 1. The molecule has 5 heteroatoms. The molecule has 0 aromatic heterocycles. The third kappa shape index (κ3) is 4.92. The highest BCUT2D eigenvalue weighted by Crippen LogP contribution is 2.21. The number of aliphatic hydroxyl groups is 1. The number of carbonyl (C=O) groups is 1. The lowest BCUT2D eigenvalue weighted by atomic mass is 10.1. The smallest absolute Gasteiger partial charge is 0.237 e. The van der Waals surface area contributed by atoms with Crippen molar-refractivity contribution in [3.8, 4) is 0 Å². The fraction of sp³-hybridized carbons (Fsp3) is 0.923. The number of aliphatic hydroxyl groups excluding tert-OH is 1. The van der Waals surface area contributed by atoms with Crippen molar-refractivity contribution < 1.29 is 14.6 Å². The lowest BCUT2D eigenvalue weighted by molar-refractivity contribution is -0.125. The van der Waals surface area contributed by atoms with E-state index in [1.165, 1.54) is 0 Å². The molecule has 0 aromatic carbocycles. The van der Waals surface area contributed by atoms with E-state index in [1.54, 1.807) is 7.11 Å². The van der Waals surface area contributed by atoms with Gasteiger partial charge < -0.3 is 15.2 Å². The second kappa shape index (κ2) is 8.45. The van der Waals surface area contributed by atoms with Gasteiger partial charge in [-0.2, -0.15) is 0 Å². The second-order valence-electron chi connectivity index (χ2n) is 4.98. The molecule has 0 bridgehead atoms. The largest absolute Gasteiger partial charge is 0.396 e. The van der Waals surface area contributed by atoms with Crippen LogP contribution in [0, 0.1) is 5.92 Å². The summed E-state index contributed by atoms with van der Waals surface area (Å²) in [5.74, 6) is 0.634. The molecule has 1 amide bonds. The van der Waals surface area contributed by atoms with Crippen molar-refractivity contribution in [2.45, 2.75) is 32.2 Å². The van der Waals surface area contributed by atoms with Crippen LogP contribution < -0.4 is 5.32 Å². The Bertz CT molecular complexity index is 248. The predicted octanol–water partition coefficient (Wildman–Crippen LogP) is 0.232. The Hall–Kier alpha value is -0.650. The van der Waals surface area contributed by atoms with Crippen LogP contribution in [0.15, 0.2) is 0 Å². The maximum atomic E-state index is 11.9. The number of amides is 1.